The zero-order valence-electron chi connectivity index (χ0n) is 12.9. The van der Waals surface area contributed by atoms with E-state index < -0.39 is 0 Å². The molecule has 2 aliphatic rings. The van der Waals surface area contributed by atoms with Crippen molar-refractivity contribution in [3.05, 3.63) is 27.8 Å². The lowest BCUT2D eigenvalue weighted by Gasteiger charge is -2.19. The van der Waals surface area contributed by atoms with Crippen LogP contribution in [-0.2, 0) is 11.3 Å². The van der Waals surface area contributed by atoms with Crippen molar-refractivity contribution in [3.63, 3.8) is 0 Å². The topological polar surface area (TPSA) is 64.3 Å². The van der Waals surface area contributed by atoms with Crippen LogP contribution in [0.3, 0.4) is 0 Å². The maximum Gasteiger partial charge on any atom is 0.244 e. The molecule has 4 rings (SSSR count). The number of aryl methyl sites for hydroxylation is 1. The molecule has 0 aromatic carbocycles. The number of hydrogen-bond acceptors (Lipinski definition) is 7. The number of aromatic nitrogens is 3. The minimum absolute atomic E-state index is 0.122. The van der Waals surface area contributed by atoms with Gasteiger partial charge in [-0.25, -0.2) is 4.98 Å². The Balaban J connectivity index is 1.51. The predicted molar refractivity (Wildman–Crippen MR) is 81.7 cm³/mol. The van der Waals surface area contributed by atoms with E-state index >= 15 is 0 Å². The van der Waals surface area contributed by atoms with Crippen LogP contribution in [0.1, 0.15) is 53.6 Å². The van der Waals surface area contributed by atoms with Gasteiger partial charge in [0.2, 0.25) is 5.89 Å². The highest BCUT2D eigenvalue weighted by Crippen LogP contribution is 2.42. The average molecular weight is 320 g/mol. The van der Waals surface area contributed by atoms with Gasteiger partial charge in [-0.15, -0.1) is 11.3 Å². The Morgan fingerprint density at radius 3 is 2.95 bits per heavy atom. The molecule has 0 N–H and O–H groups in total. The summed E-state index contributed by atoms with van der Waals surface area (Å²) < 4.78 is 10.9. The van der Waals surface area contributed by atoms with Crippen LogP contribution < -0.4 is 0 Å². The smallest absolute Gasteiger partial charge is 0.244 e. The van der Waals surface area contributed by atoms with Crippen molar-refractivity contribution in [2.75, 3.05) is 13.7 Å². The predicted octanol–water partition coefficient (Wildman–Crippen LogP) is 2.67. The number of likely N-dealkylation sites (tertiary alicyclic amines) is 1. The van der Waals surface area contributed by atoms with Gasteiger partial charge in [-0.3, -0.25) is 4.90 Å². The fourth-order valence-corrected chi connectivity index (χ4v) is 4.02. The highest BCUT2D eigenvalue weighted by atomic mass is 32.1. The molecule has 0 amide bonds. The van der Waals surface area contributed by atoms with Crippen molar-refractivity contribution >= 4 is 11.3 Å². The molecule has 0 spiro atoms. The molecule has 2 aromatic heterocycles. The summed E-state index contributed by atoms with van der Waals surface area (Å²) in [7, 11) is 1.76. The van der Waals surface area contributed by atoms with E-state index in [0.717, 1.165) is 31.1 Å². The number of rotatable bonds is 5. The highest BCUT2D eigenvalue weighted by Gasteiger charge is 2.37. The van der Waals surface area contributed by atoms with Crippen LogP contribution in [0.2, 0.25) is 0 Å². The third-order valence-corrected chi connectivity index (χ3v) is 5.44. The molecule has 2 aromatic rings. The van der Waals surface area contributed by atoms with Crippen LogP contribution in [0.4, 0.5) is 0 Å². The summed E-state index contributed by atoms with van der Waals surface area (Å²) in [4.78, 5) is 11.5. The third-order valence-electron chi connectivity index (χ3n) is 4.39. The molecular formula is C15H20N4O2S. The van der Waals surface area contributed by atoms with Crippen molar-refractivity contribution in [1.82, 2.24) is 20.0 Å². The quantitative estimate of drug-likeness (QED) is 0.844. The van der Waals surface area contributed by atoms with Gasteiger partial charge >= 0.3 is 0 Å². The zero-order chi connectivity index (χ0) is 15.1. The standard InChI is InChI=1S/C15H20N4O2S/c1-9-16-14(21-18-9)13-5-12(20-2)7-19(13)6-11-8-22-15(17-11)10-3-4-10/h8,10,12-13H,3-7H2,1-2H3/t12-,13+/m0/s1. The molecule has 0 bridgehead atoms. The van der Waals surface area contributed by atoms with E-state index in [1.165, 1.54) is 17.8 Å². The van der Waals surface area contributed by atoms with Gasteiger partial charge in [-0.2, -0.15) is 4.98 Å². The van der Waals surface area contributed by atoms with Gasteiger partial charge in [0.15, 0.2) is 5.82 Å². The summed E-state index contributed by atoms with van der Waals surface area (Å²) in [5, 5.41) is 7.40. The van der Waals surface area contributed by atoms with Crippen LogP contribution in [0.25, 0.3) is 0 Å². The molecule has 0 radical (unpaired) electrons. The molecule has 118 valence electrons. The maximum atomic E-state index is 5.54. The Labute approximate surface area is 133 Å². The lowest BCUT2D eigenvalue weighted by Crippen LogP contribution is -2.25. The largest absolute Gasteiger partial charge is 0.380 e. The number of hydrogen-bond donors (Lipinski definition) is 0. The van der Waals surface area contributed by atoms with Gasteiger partial charge < -0.3 is 9.26 Å². The number of methoxy groups -OCH3 is 1. The first kappa shape index (κ1) is 14.3. The normalized spacial score (nSPS) is 25.9. The summed E-state index contributed by atoms with van der Waals surface area (Å²) in [6, 6.07) is 0.122. The molecule has 1 saturated heterocycles. The van der Waals surface area contributed by atoms with E-state index in [-0.39, 0.29) is 12.1 Å². The molecule has 2 fully saturated rings. The molecule has 22 heavy (non-hydrogen) atoms. The Bertz CT molecular complexity index is 652. The van der Waals surface area contributed by atoms with E-state index in [4.69, 9.17) is 14.2 Å². The molecule has 1 aliphatic carbocycles. The van der Waals surface area contributed by atoms with Crippen molar-refractivity contribution in [1.29, 1.82) is 0 Å². The summed E-state index contributed by atoms with van der Waals surface area (Å²) in [5.41, 5.74) is 1.14. The molecule has 3 heterocycles. The van der Waals surface area contributed by atoms with Crippen LogP contribution >= 0.6 is 11.3 Å². The summed E-state index contributed by atoms with van der Waals surface area (Å²) >= 11 is 1.79. The molecule has 6 nitrogen and oxygen atoms in total. The minimum Gasteiger partial charge on any atom is -0.380 e. The Hall–Kier alpha value is -1.31. The monoisotopic (exact) mass is 320 g/mol. The zero-order valence-corrected chi connectivity index (χ0v) is 13.7. The SMILES string of the molecule is CO[C@H]1C[C@H](c2nc(C)no2)N(Cc2csc(C3CC3)n2)C1. The van der Waals surface area contributed by atoms with Gasteiger partial charge in [-0.05, 0) is 26.2 Å². The Morgan fingerprint density at radius 2 is 2.27 bits per heavy atom. The van der Waals surface area contributed by atoms with Crippen LogP contribution in [-0.4, -0.2) is 39.8 Å². The number of thiazole rings is 1. The Morgan fingerprint density at radius 1 is 1.41 bits per heavy atom. The lowest BCUT2D eigenvalue weighted by atomic mass is 10.2. The van der Waals surface area contributed by atoms with E-state index in [0.29, 0.717) is 11.7 Å². The molecule has 1 saturated carbocycles. The summed E-state index contributed by atoms with van der Waals surface area (Å²) in [5.74, 6) is 2.09. The minimum atomic E-state index is 0.122. The first-order valence-corrected chi connectivity index (χ1v) is 8.62. The van der Waals surface area contributed by atoms with Crippen molar-refractivity contribution in [3.8, 4) is 0 Å². The van der Waals surface area contributed by atoms with Gasteiger partial charge in [-0.1, -0.05) is 5.16 Å². The summed E-state index contributed by atoms with van der Waals surface area (Å²) in [6.07, 6.45) is 3.69. The maximum absolute atomic E-state index is 5.54. The molecule has 7 heteroatoms. The van der Waals surface area contributed by atoms with E-state index in [1.807, 2.05) is 6.92 Å². The van der Waals surface area contributed by atoms with E-state index in [9.17, 15) is 0 Å². The van der Waals surface area contributed by atoms with Crippen molar-refractivity contribution in [2.24, 2.45) is 0 Å². The second-order valence-corrected chi connectivity index (χ2v) is 7.06. The fraction of sp³-hybridized carbons (Fsp3) is 0.667. The van der Waals surface area contributed by atoms with Crippen molar-refractivity contribution in [2.45, 2.75) is 50.8 Å². The fourth-order valence-electron chi connectivity index (χ4n) is 3.03. The molecular weight excluding hydrogens is 300 g/mol. The number of nitrogens with zero attached hydrogens (tertiary/aromatic N) is 4. The second kappa shape index (κ2) is 5.72. The van der Waals surface area contributed by atoms with Crippen molar-refractivity contribution < 1.29 is 9.26 Å². The molecule has 2 atom stereocenters. The second-order valence-electron chi connectivity index (χ2n) is 6.17. The van der Waals surface area contributed by atoms with Gasteiger partial charge in [0.05, 0.1) is 22.8 Å². The van der Waals surface area contributed by atoms with Crippen LogP contribution in [0, 0.1) is 6.92 Å². The van der Waals surface area contributed by atoms with Gasteiger partial charge in [0.25, 0.3) is 0 Å². The highest BCUT2D eigenvalue weighted by molar-refractivity contribution is 7.09. The molecule has 1 aliphatic heterocycles. The van der Waals surface area contributed by atoms with E-state index in [2.05, 4.69) is 20.4 Å². The lowest BCUT2D eigenvalue weighted by molar-refractivity contribution is 0.107. The summed E-state index contributed by atoms with van der Waals surface area (Å²) in [6.45, 7) is 3.54. The first-order valence-electron chi connectivity index (χ1n) is 7.74. The average Bonchev–Trinajstić information content (AvgIpc) is 2.94. The number of ether oxygens (including phenoxy) is 1. The van der Waals surface area contributed by atoms with E-state index in [1.54, 1.807) is 18.4 Å². The van der Waals surface area contributed by atoms with Crippen LogP contribution in [0.15, 0.2) is 9.90 Å². The van der Waals surface area contributed by atoms with Crippen LogP contribution in [0.5, 0.6) is 0 Å². The Kier molecular flexibility index (Phi) is 3.71. The third kappa shape index (κ3) is 2.80. The van der Waals surface area contributed by atoms with Gasteiger partial charge in [0.1, 0.15) is 0 Å². The van der Waals surface area contributed by atoms with Gasteiger partial charge in [0, 0.05) is 31.5 Å². The first-order chi connectivity index (χ1) is 10.7. The molecule has 0 unspecified atom stereocenters.